The molecule has 0 saturated carbocycles. The maximum atomic E-state index is 5.43. The van der Waals surface area contributed by atoms with Crippen molar-refractivity contribution in [3.05, 3.63) is 23.5 Å². The van der Waals surface area contributed by atoms with Gasteiger partial charge in [0.15, 0.2) is 0 Å². The van der Waals surface area contributed by atoms with Crippen molar-refractivity contribution in [2.75, 3.05) is 5.73 Å². The minimum absolute atomic E-state index is 0.325. The van der Waals surface area contributed by atoms with E-state index in [1.807, 2.05) is 27.7 Å². The van der Waals surface area contributed by atoms with Crippen molar-refractivity contribution in [2.45, 2.75) is 27.7 Å². The van der Waals surface area contributed by atoms with Crippen molar-refractivity contribution in [3.63, 3.8) is 0 Å². The smallest absolute Gasteiger partial charge is 0.220 e. The molecule has 0 atom stereocenters. The Morgan fingerprint density at radius 2 is 1.54 bits per heavy atom. The van der Waals surface area contributed by atoms with E-state index >= 15 is 0 Å². The van der Waals surface area contributed by atoms with Gasteiger partial charge < -0.3 is 5.73 Å². The lowest BCUT2D eigenvalue weighted by molar-refractivity contribution is 1.06. The molecule has 13 heavy (non-hydrogen) atoms. The molecule has 0 aliphatic rings. The summed E-state index contributed by atoms with van der Waals surface area (Å²) >= 11 is 0. The summed E-state index contributed by atoms with van der Waals surface area (Å²) < 4.78 is 0. The van der Waals surface area contributed by atoms with Gasteiger partial charge in [-0.05, 0) is 13.8 Å². The van der Waals surface area contributed by atoms with Gasteiger partial charge in [0.1, 0.15) is 0 Å². The molecule has 2 N–H and O–H groups in total. The summed E-state index contributed by atoms with van der Waals surface area (Å²) in [4.78, 5) is 8.00. The SMILES string of the molecule is C=Cc1c(C)nc(N)nc1C.CC. The van der Waals surface area contributed by atoms with Gasteiger partial charge in [-0.3, -0.25) is 0 Å². The van der Waals surface area contributed by atoms with E-state index < -0.39 is 0 Å². The first-order valence-electron chi connectivity index (χ1n) is 4.38. The first-order valence-corrected chi connectivity index (χ1v) is 4.38. The number of aryl methyl sites for hydroxylation is 2. The highest BCUT2D eigenvalue weighted by Gasteiger charge is 2.01. The van der Waals surface area contributed by atoms with Crippen LogP contribution in [-0.4, -0.2) is 9.97 Å². The van der Waals surface area contributed by atoms with Gasteiger partial charge in [0.2, 0.25) is 5.95 Å². The summed E-state index contributed by atoms with van der Waals surface area (Å²) in [6.07, 6.45) is 1.74. The van der Waals surface area contributed by atoms with Crippen LogP contribution in [0.3, 0.4) is 0 Å². The molecule has 0 spiro atoms. The Kier molecular flexibility index (Phi) is 4.74. The molecule has 0 fully saturated rings. The predicted molar refractivity (Wildman–Crippen MR) is 57.4 cm³/mol. The van der Waals surface area contributed by atoms with Gasteiger partial charge in [-0.25, -0.2) is 9.97 Å². The zero-order chi connectivity index (χ0) is 10.4. The lowest BCUT2D eigenvalue weighted by Gasteiger charge is -2.03. The molecule has 0 saturated heterocycles. The third kappa shape index (κ3) is 2.86. The second-order valence-electron chi connectivity index (χ2n) is 2.37. The molecule has 1 aromatic rings. The molecular formula is C10H17N3. The molecule has 3 nitrogen and oxygen atoms in total. The van der Waals surface area contributed by atoms with Gasteiger partial charge in [-0.15, -0.1) is 0 Å². The van der Waals surface area contributed by atoms with E-state index in [9.17, 15) is 0 Å². The van der Waals surface area contributed by atoms with Crippen LogP contribution in [0.15, 0.2) is 6.58 Å². The molecule has 0 aliphatic carbocycles. The Morgan fingerprint density at radius 1 is 1.15 bits per heavy atom. The molecule has 0 aliphatic heterocycles. The standard InChI is InChI=1S/C8H11N3.C2H6/c1-4-7-5(2)10-8(9)11-6(7)3;1-2/h4H,1H2,2-3H3,(H2,9,10,11);1-2H3. The second-order valence-corrected chi connectivity index (χ2v) is 2.37. The number of nitrogens with two attached hydrogens (primary N) is 1. The van der Waals surface area contributed by atoms with E-state index in [1.165, 1.54) is 0 Å². The zero-order valence-corrected chi connectivity index (χ0v) is 8.76. The van der Waals surface area contributed by atoms with E-state index in [0.717, 1.165) is 17.0 Å². The average molecular weight is 179 g/mol. The van der Waals surface area contributed by atoms with E-state index in [4.69, 9.17) is 5.73 Å². The highest BCUT2D eigenvalue weighted by molar-refractivity contribution is 5.53. The Hall–Kier alpha value is -1.38. The van der Waals surface area contributed by atoms with E-state index in [1.54, 1.807) is 6.08 Å². The molecule has 72 valence electrons. The first-order chi connectivity index (χ1) is 6.15. The number of nitrogens with zero attached hydrogens (tertiary/aromatic N) is 2. The number of hydrogen-bond donors (Lipinski definition) is 1. The number of nitrogen functional groups attached to an aromatic ring is 1. The maximum absolute atomic E-state index is 5.43. The number of hydrogen-bond acceptors (Lipinski definition) is 3. The molecule has 0 aromatic carbocycles. The van der Waals surface area contributed by atoms with E-state index in [-0.39, 0.29) is 0 Å². The van der Waals surface area contributed by atoms with Gasteiger partial charge in [0, 0.05) is 5.56 Å². The van der Waals surface area contributed by atoms with Crippen molar-refractivity contribution in [2.24, 2.45) is 0 Å². The third-order valence-electron chi connectivity index (χ3n) is 1.55. The van der Waals surface area contributed by atoms with Crippen LogP contribution in [0.2, 0.25) is 0 Å². The van der Waals surface area contributed by atoms with Crippen molar-refractivity contribution < 1.29 is 0 Å². The largest absolute Gasteiger partial charge is 0.368 e. The molecule has 1 rings (SSSR count). The molecule has 0 bridgehead atoms. The Labute approximate surface area is 79.7 Å². The quantitative estimate of drug-likeness (QED) is 0.720. The lowest BCUT2D eigenvalue weighted by atomic mass is 10.2. The fraction of sp³-hybridized carbons (Fsp3) is 0.400. The summed E-state index contributed by atoms with van der Waals surface area (Å²) in [6.45, 7) is 11.4. The fourth-order valence-corrected chi connectivity index (χ4v) is 1.05. The van der Waals surface area contributed by atoms with Crippen LogP contribution >= 0.6 is 0 Å². The Morgan fingerprint density at radius 3 is 1.85 bits per heavy atom. The number of aromatic nitrogens is 2. The van der Waals surface area contributed by atoms with Gasteiger partial charge in [-0.2, -0.15) is 0 Å². The van der Waals surface area contributed by atoms with E-state index in [0.29, 0.717) is 5.95 Å². The van der Waals surface area contributed by atoms with Crippen molar-refractivity contribution in [1.29, 1.82) is 0 Å². The Balaban J connectivity index is 0.000000671. The summed E-state index contributed by atoms with van der Waals surface area (Å²) in [5, 5.41) is 0. The molecule has 0 amide bonds. The van der Waals surface area contributed by atoms with Crippen LogP contribution in [0.4, 0.5) is 5.95 Å². The summed E-state index contributed by atoms with van der Waals surface area (Å²) in [5.74, 6) is 0.325. The minimum Gasteiger partial charge on any atom is -0.368 e. The van der Waals surface area contributed by atoms with Crippen LogP contribution < -0.4 is 5.73 Å². The van der Waals surface area contributed by atoms with Crippen molar-refractivity contribution >= 4 is 12.0 Å². The Bertz CT molecular complexity index is 269. The highest BCUT2D eigenvalue weighted by atomic mass is 15.0. The molecule has 3 heteroatoms. The molecular weight excluding hydrogens is 162 g/mol. The number of rotatable bonds is 1. The van der Waals surface area contributed by atoms with Crippen LogP contribution in [0.5, 0.6) is 0 Å². The first kappa shape index (κ1) is 11.6. The van der Waals surface area contributed by atoms with Gasteiger partial charge in [-0.1, -0.05) is 26.5 Å². The van der Waals surface area contributed by atoms with Crippen LogP contribution in [0, 0.1) is 13.8 Å². The normalized spacial score (nSPS) is 8.62. The van der Waals surface area contributed by atoms with Gasteiger partial charge in [0.25, 0.3) is 0 Å². The predicted octanol–water partition coefficient (Wildman–Crippen LogP) is 2.34. The van der Waals surface area contributed by atoms with Crippen LogP contribution in [-0.2, 0) is 0 Å². The van der Waals surface area contributed by atoms with Gasteiger partial charge in [0.05, 0.1) is 11.4 Å². The highest BCUT2D eigenvalue weighted by Crippen LogP contribution is 2.11. The van der Waals surface area contributed by atoms with Crippen LogP contribution in [0.1, 0.15) is 30.8 Å². The summed E-state index contributed by atoms with van der Waals surface area (Å²) in [6, 6.07) is 0. The minimum atomic E-state index is 0.325. The fourth-order valence-electron chi connectivity index (χ4n) is 1.05. The zero-order valence-electron chi connectivity index (χ0n) is 8.76. The molecule has 0 radical (unpaired) electrons. The monoisotopic (exact) mass is 179 g/mol. The third-order valence-corrected chi connectivity index (χ3v) is 1.55. The molecule has 1 heterocycles. The van der Waals surface area contributed by atoms with Gasteiger partial charge >= 0.3 is 0 Å². The second kappa shape index (κ2) is 5.30. The van der Waals surface area contributed by atoms with Crippen molar-refractivity contribution in [1.82, 2.24) is 9.97 Å². The summed E-state index contributed by atoms with van der Waals surface area (Å²) in [5.41, 5.74) is 8.16. The van der Waals surface area contributed by atoms with Crippen molar-refractivity contribution in [3.8, 4) is 0 Å². The molecule has 1 aromatic heterocycles. The molecule has 0 unspecified atom stereocenters. The number of anilines is 1. The maximum Gasteiger partial charge on any atom is 0.220 e. The van der Waals surface area contributed by atoms with Crippen LogP contribution in [0.25, 0.3) is 6.08 Å². The van der Waals surface area contributed by atoms with E-state index in [2.05, 4.69) is 16.5 Å². The topological polar surface area (TPSA) is 51.8 Å². The lowest BCUT2D eigenvalue weighted by Crippen LogP contribution is -2.01. The average Bonchev–Trinajstić information content (AvgIpc) is 2.07. The summed E-state index contributed by atoms with van der Waals surface area (Å²) in [7, 11) is 0.